The standard InChI is InChI=1S/C62H50N8O11S3.3Na/c1-61-25-22-41-40-18-13-36(71)27-35(40)12-17-42(41)52(61)23-26-62(61,72)24-7-5-3-2-4-6-9-33-10-8-11-34-28-47-51(32-46(33)34)60-68-55-44-20-15-38(83(76,77)78)30-49(44)58(66-55)64-53-43-19-14-37(82(73,74)75)29-48(43)57(63-53)65-54-45-21-16-39(84(79,80)81)31-50(45)59(67-54)69-56(47)70-60;;;/h8,10-11,13-16,18-21,27-32,41-42,52,71-72H,3,5,7,12,17,22-26H2,1H3,(H,73,74,75)(H,76,77,78)(H,79,80,81)(H2,63,64,65,66,67,68,69,70);;;/q;3*+1/p-3/t41-,42-,52+,61+,62+;;;/m1.../s1. The molecule has 19 nitrogen and oxygen atoms in total. The fourth-order valence-electron chi connectivity index (χ4n) is 14.0. The van der Waals surface area contributed by atoms with Crippen LogP contribution in [0.2, 0.25) is 0 Å². The molecule has 0 unspecified atom stereocenters. The van der Waals surface area contributed by atoms with Crippen molar-refractivity contribution in [2.45, 2.75) is 97.3 Å². The number of nitrogens with zero attached hydrogens (tertiary/aromatic N) is 6. The third kappa shape index (κ3) is 11.2. The van der Waals surface area contributed by atoms with Gasteiger partial charge in [-0.25, -0.2) is 46.7 Å². The van der Waals surface area contributed by atoms with Crippen molar-refractivity contribution in [2.75, 3.05) is 0 Å². The Labute approximate surface area is 566 Å². The van der Waals surface area contributed by atoms with Gasteiger partial charge in [0.2, 0.25) is 0 Å². The summed E-state index contributed by atoms with van der Waals surface area (Å²) in [6.07, 6.45) is 8.76. The Balaban J connectivity index is 0.00000261. The van der Waals surface area contributed by atoms with Gasteiger partial charge in [0.15, 0.2) is 23.3 Å². The van der Waals surface area contributed by atoms with Crippen molar-refractivity contribution in [2.24, 2.45) is 17.3 Å². The zero-order valence-electron chi connectivity index (χ0n) is 47.6. The van der Waals surface area contributed by atoms with Gasteiger partial charge in [0.05, 0.1) is 20.3 Å². The molecule has 2 saturated carbocycles. The topological polar surface area (TPSA) is 321 Å². The molecule has 0 amide bonds. The maximum atomic E-state index is 12.5. The van der Waals surface area contributed by atoms with E-state index in [1.807, 2.05) is 36.4 Å². The Morgan fingerprint density at radius 2 is 1.18 bits per heavy atom. The van der Waals surface area contributed by atoms with Gasteiger partial charge in [0.25, 0.3) is 10.1 Å². The van der Waals surface area contributed by atoms with Gasteiger partial charge >= 0.3 is 88.7 Å². The number of rotatable bonds is 7. The number of nitrogens with one attached hydrogen (secondary N) is 2. The van der Waals surface area contributed by atoms with Crippen LogP contribution >= 0.6 is 0 Å². The Hall–Kier alpha value is -5.45. The molecule has 8 bridgehead atoms. The Morgan fingerprint density at radius 3 is 1.84 bits per heavy atom. The quantitative estimate of drug-likeness (QED) is 0.0725. The summed E-state index contributed by atoms with van der Waals surface area (Å²) >= 11 is 0. The number of hydrogen-bond acceptors (Lipinski definition) is 16. The number of aromatic nitrogens is 8. The molecule has 0 radical (unpaired) electrons. The van der Waals surface area contributed by atoms with Crippen molar-refractivity contribution in [3.63, 3.8) is 0 Å². The molecule has 87 heavy (non-hydrogen) atoms. The van der Waals surface area contributed by atoms with E-state index < -0.39 is 50.6 Å². The van der Waals surface area contributed by atoms with E-state index in [9.17, 15) is 49.1 Å². The Kier molecular flexibility index (Phi) is 17.0. The number of unbranched alkanes of at least 4 members (excludes halogenated alkanes) is 2. The fourth-order valence-corrected chi connectivity index (χ4v) is 15.5. The number of aryl methyl sites for hydroxylation is 1. The van der Waals surface area contributed by atoms with Crippen molar-refractivity contribution in [3.8, 4) is 75.0 Å². The summed E-state index contributed by atoms with van der Waals surface area (Å²) in [7, 11) is -14.7. The van der Waals surface area contributed by atoms with Gasteiger partial charge in [-0.1, -0.05) is 49.1 Å². The molecule has 5 heterocycles. The van der Waals surface area contributed by atoms with Crippen LogP contribution in [0.25, 0.3) is 100 Å². The molecule has 2 aliphatic heterocycles. The van der Waals surface area contributed by atoms with Gasteiger partial charge in [-0.3, -0.25) is 4.55 Å². The maximum Gasteiger partial charge on any atom is 1.00 e. The van der Waals surface area contributed by atoms with Gasteiger partial charge < -0.3 is 29.3 Å². The van der Waals surface area contributed by atoms with E-state index in [0.717, 1.165) is 98.9 Å². The van der Waals surface area contributed by atoms with E-state index in [2.05, 4.69) is 46.6 Å². The first-order valence-corrected chi connectivity index (χ1v) is 31.6. The van der Waals surface area contributed by atoms with E-state index in [4.69, 9.17) is 29.9 Å². The van der Waals surface area contributed by atoms with Gasteiger partial charge in [0.1, 0.15) is 42.8 Å². The fraction of sp³-hybridized carbons (Fsp3) is 0.258. The average Bonchev–Trinajstić information content (AvgIpc) is 1.74. The van der Waals surface area contributed by atoms with Crippen LogP contribution in [0.15, 0.2) is 118 Å². The normalized spacial score (nSPS) is 20.0. The molecule has 4 N–H and O–H groups in total. The minimum absolute atomic E-state index is 0. The summed E-state index contributed by atoms with van der Waals surface area (Å²) in [4.78, 5) is 33.7. The second-order valence-corrected chi connectivity index (χ2v) is 26.8. The van der Waals surface area contributed by atoms with Crippen LogP contribution in [-0.4, -0.2) is 89.5 Å². The summed E-state index contributed by atoms with van der Waals surface area (Å²) in [6.45, 7) is 2.31. The smallest absolute Gasteiger partial charge is 0.872 e. The average molecular weight is 1250 g/mol. The minimum atomic E-state index is -4.99. The second-order valence-electron chi connectivity index (χ2n) is 22.6. The minimum Gasteiger partial charge on any atom is -0.872 e. The molecule has 422 valence electrons. The molecular formula is C62H47N8Na3O11S3. The number of aromatic amines is 2. The molecule has 6 aromatic carbocycles. The summed E-state index contributed by atoms with van der Waals surface area (Å²) < 4.78 is 109. The van der Waals surface area contributed by atoms with Crippen LogP contribution in [0.1, 0.15) is 87.3 Å². The first kappa shape index (κ1) is 63.1. The molecule has 0 saturated heterocycles. The molecule has 3 aromatic heterocycles. The summed E-state index contributed by atoms with van der Waals surface area (Å²) in [5.74, 6) is 13.9. The van der Waals surface area contributed by atoms with Crippen LogP contribution in [0.4, 0.5) is 0 Å². The van der Waals surface area contributed by atoms with Gasteiger partial charge in [-0.15, -0.1) is 5.75 Å². The van der Waals surface area contributed by atoms with E-state index in [0.29, 0.717) is 40.5 Å². The van der Waals surface area contributed by atoms with Crippen molar-refractivity contribution in [1.29, 1.82) is 0 Å². The molecule has 2 fully saturated rings. The molecule has 3 aliphatic carbocycles. The monoisotopic (exact) mass is 1240 g/mol. The largest absolute Gasteiger partial charge is 1.00 e. The van der Waals surface area contributed by atoms with E-state index >= 15 is 0 Å². The first-order chi connectivity index (χ1) is 40.1. The molecule has 5 atom stereocenters. The summed E-state index contributed by atoms with van der Waals surface area (Å²) in [5, 5.41) is 27.3. The molecule has 9 aromatic rings. The number of benzene rings is 6. The van der Waals surface area contributed by atoms with Crippen LogP contribution < -0.4 is 93.8 Å². The van der Waals surface area contributed by atoms with E-state index in [-0.39, 0.29) is 179 Å². The van der Waals surface area contributed by atoms with Crippen LogP contribution in [0.3, 0.4) is 0 Å². The van der Waals surface area contributed by atoms with Crippen molar-refractivity contribution >= 4 is 85.3 Å². The third-order valence-corrected chi connectivity index (χ3v) is 20.6. The molecular weight excluding hydrogens is 1200 g/mol. The number of aliphatic hydroxyl groups is 1. The third-order valence-electron chi connectivity index (χ3n) is 18.1. The SMILES string of the molecule is C[C@]12CC[C@@H]3c4ccc([O-])cc4CC[C@H]3[C@@H]1CC[C@@]2(O)CCCCC#CC#Cc1cccc2cc3c4nc5nc(nc6[nH]c(nc7nc(nc([nH]4)c3cc12)-c1ccc(S(=O)(=O)[O-])cc1-7)c1ccc(S(=O)(=O)[O-])cc61)-c1ccc(S(=O)(=O)O)cc1-5.[Na+].[Na+].[Na+]. The predicted molar refractivity (Wildman–Crippen MR) is 308 cm³/mol. The predicted octanol–water partition coefficient (Wildman–Crippen LogP) is 0.366. The maximum absolute atomic E-state index is 12.5. The Bertz CT molecular complexity index is 5100. The first-order valence-electron chi connectivity index (χ1n) is 27.3. The van der Waals surface area contributed by atoms with Crippen LogP contribution in [-0.2, 0) is 36.8 Å². The van der Waals surface area contributed by atoms with Crippen LogP contribution in [0, 0.1) is 40.9 Å². The molecule has 14 rings (SSSR count). The second kappa shape index (κ2) is 23.4. The van der Waals surface area contributed by atoms with E-state index in [1.54, 1.807) is 6.07 Å². The number of hydrogen-bond donors (Lipinski definition) is 4. The van der Waals surface area contributed by atoms with Crippen molar-refractivity contribution < 1.29 is 138 Å². The summed E-state index contributed by atoms with van der Waals surface area (Å²) in [5.41, 5.74) is 3.51. The van der Waals surface area contributed by atoms with Gasteiger partial charge in [-0.05, 0) is 187 Å². The summed E-state index contributed by atoms with van der Waals surface area (Å²) in [6, 6.07) is 25.8. The Morgan fingerprint density at radius 1 is 0.598 bits per heavy atom. The van der Waals surface area contributed by atoms with Gasteiger partial charge in [0, 0.05) is 55.8 Å². The zero-order valence-corrected chi connectivity index (χ0v) is 56.0. The molecule has 5 aliphatic rings. The molecule has 0 spiro atoms. The number of H-pyrrole nitrogens is 2. The zero-order chi connectivity index (χ0) is 58.2. The van der Waals surface area contributed by atoms with Gasteiger partial charge in [-0.2, -0.15) is 8.42 Å². The van der Waals surface area contributed by atoms with E-state index in [1.165, 1.54) is 35.4 Å². The molecule has 25 heteroatoms. The van der Waals surface area contributed by atoms with Crippen molar-refractivity contribution in [1.82, 2.24) is 39.9 Å². The number of fused-ring (bicyclic) bond motifs is 26. The van der Waals surface area contributed by atoms with Crippen LogP contribution in [0.5, 0.6) is 5.75 Å². The van der Waals surface area contributed by atoms with Crippen molar-refractivity contribution in [3.05, 3.63) is 120 Å².